The van der Waals surface area contributed by atoms with Gasteiger partial charge in [-0.15, -0.1) is 0 Å². The molecule has 8 heteroatoms. The Bertz CT molecular complexity index is 212. The van der Waals surface area contributed by atoms with E-state index in [9.17, 15) is 15.0 Å². The van der Waals surface area contributed by atoms with Crippen LogP contribution in [-0.4, -0.2) is 73.7 Å². The second kappa shape index (κ2) is 5.95. The molecule has 8 nitrogen and oxygen atoms in total. The van der Waals surface area contributed by atoms with Gasteiger partial charge in [-0.3, -0.25) is 0 Å². The van der Waals surface area contributed by atoms with Crippen molar-refractivity contribution in [3.05, 3.63) is 0 Å². The summed E-state index contributed by atoms with van der Waals surface area (Å²) in [6.07, 6.45) is -8.02. The minimum atomic E-state index is -2.24. The molecule has 0 heterocycles. The number of carbonyl (C=O) groups is 1. The topological polar surface area (TPSA) is 164 Å². The minimum absolute atomic E-state index is 0.659. The predicted octanol–water partition coefficient (Wildman–Crippen LogP) is -4.17. The van der Waals surface area contributed by atoms with Gasteiger partial charge in [-0.2, -0.15) is 0 Å². The molecule has 15 heavy (non-hydrogen) atoms. The minimum Gasteiger partial charge on any atom is -0.479 e. The highest BCUT2D eigenvalue weighted by atomic mass is 16.4. The molecule has 8 N–H and O–H groups in total. The molecule has 0 aromatic rings. The van der Waals surface area contributed by atoms with Gasteiger partial charge in [0.15, 0.2) is 6.10 Å². The number of hydrogen-bond acceptors (Lipinski definition) is 7. The molecule has 0 spiro atoms. The molecule has 0 aliphatic rings. The van der Waals surface area contributed by atoms with Gasteiger partial charge in [0.05, 0.1) is 18.8 Å². The van der Waals surface area contributed by atoms with Crippen LogP contribution in [0, 0.1) is 0 Å². The fourth-order valence-corrected chi connectivity index (χ4v) is 0.896. The van der Waals surface area contributed by atoms with Gasteiger partial charge < -0.3 is 36.4 Å². The number of nitrogens with two attached hydrogens (primary N) is 1. The van der Waals surface area contributed by atoms with Crippen LogP contribution in [0.15, 0.2) is 0 Å². The number of carboxylic acid groups (broad SMARTS) is 1. The van der Waals surface area contributed by atoms with Crippen LogP contribution in [0.1, 0.15) is 0 Å². The van der Waals surface area contributed by atoms with Crippen molar-refractivity contribution in [2.45, 2.75) is 30.5 Å². The normalized spacial score (nSPS) is 21.5. The lowest BCUT2D eigenvalue weighted by molar-refractivity contribution is -0.163. The maximum Gasteiger partial charge on any atom is 0.335 e. The summed E-state index contributed by atoms with van der Waals surface area (Å²) in [6.45, 7) is -0.659. The third kappa shape index (κ3) is 3.70. The number of aliphatic hydroxyl groups excluding tert-OH is 5. The van der Waals surface area contributed by atoms with E-state index in [0.29, 0.717) is 0 Å². The van der Waals surface area contributed by atoms with Crippen LogP contribution in [0.5, 0.6) is 0 Å². The number of aliphatic carboxylic acids is 1. The Labute approximate surface area is 85.2 Å². The molecule has 0 aromatic carbocycles. The third-order valence-electron chi connectivity index (χ3n) is 1.93. The van der Waals surface area contributed by atoms with Crippen LogP contribution in [0.3, 0.4) is 0 Å². The molecule has 0 bridgehead atoms. The predicted molar refractivity (Wildman–Crippen MR) is 46.7 cm³/mol. The van der Waals surface area contributed by atoms with Crippen molar-refractivity contribution >= 4 is 5.97 Å². The van der Waals surface area contributed by atoms with E-state index in [1.54, 1.807) is 0 Å². The fourth-order valence-electron chi connectivity index (χ4n) is 0.896. The molecule has 0 rings (SSSR count). The van der Waals surface area contributed by atoms with Gasteiger partial charge in [-0.1, -0.05) is 0 Å². The van der Waals surface area contributed by atoms with Crippen LogP contribution in [0.2, 0.25) is 0 Å². The molecule has 0 saturated carbocycles. The van der Waals surface area contributed by atoms with Gasteiger partial charge in [0.1, 0.15) is 12.2 Å². The lowest BCUT2D eigenvalue weighted by Crippen LogP contribution is -2.54. The lowest BCUT2D eigenvalue weighted by atomic mass is 9.98. The van der Waals surface area contributed by atoms with E-state index in [0.717, 1.165) is 0 Å². The zero-order valence-electron chi connectivity index (χ0n) is 7.76. The van der Waals surface area contributed by atoms with Crippen LogP contribution in [0.4, 0.5) is 0 Å². The Kier molecular flexibility index (Phi) is 5.65. The van der Waals surface area contributed by atoms with Gasteiger partial charge in [0, 0.05) is 0 Å². The van der Waals surface area contributed by atoms with E-state index in [1.165, 1.54) is 0 Å². The van der Waals surface area contributed by atoms with Crippen molar-refractivity contribution in [2.24, 2.45) is 5.73 Å². The average molecular weight is 225 g/mol. The highest BCUT2D eigenvalue weighted by molar-refractivity contribution is 5.72. The first-order valence-corrected chi connectivity index (χ1v) is 4.14. The van der Waals surface area contributed by atoms with E-state index in [4.69, 9.17) is 26.2 Å². The molecule has 0 aliphatic carbocycles. The highest BCUT2D eigenvalue weighted by Gasteiger charge is 2.36. The van der Waals surface area contributed by atoms with Crippen LogP contribution < -0.4 is 5.73 Å². The van der Waals surface area contributed by atoms with Crippen molar-refractivity contribution in [1.82, 2.24) is 0 Å². The third-order valence-corrected chi connectivity index (χ3v) is 1.93. The molecular formula is C7H15NO7. The van der Waals surface area contributed by atoms with Gasteiger partial charge in [-0.05, 0) is 0 Å². The van der Waals surface area contributed by atoms with E-state index in [2.05, 4.69) is 0 Å². The largest absolute Gasteiger partial charge is 0.479 e. The monoisotopic (exact) mass is 225 g/mol. The van der Waals surface area contributed by atoms with E-state index in [1.807, 2.05) is 0 Å². The van der Waals surface area contributed by atoms with Crippen molar-refractivity contribution in [3.63, 3.8) is 0 Å². The standard InChI is InChI=1S/C7H15NO7/c8-2(1-9)3(10)4(11)5(12)6(13)7(14)15/h2-6,9-13H,1,8H2,(H,14,15)/t2-,3+,4-,5-,6+/m0/s1. The first-order chi connectivity index (χ1) is 6.82. The Balaban J connectivity index is 4.42. The van der Waals surface area contributed by atoms with Crippen molar-refractivity contribution in [1.29, 1.82) is 0 Å². The average Bonchev–Trinajstić information content (AvgIpc) is 2.23. The van der Waals surface area contributed by atoms with Crippen LogP contribution >= 0.6 is 0 Å². The number of carboxylic acids is 1. The summed E-state index contributed by atoms with van der Waals surface area (Å²) < 4.78 is 0. The SMILES string of the molecule is N[C@@H](CO)[C@@H](O)[C@H](O)[C@H](O)[C@@H](O)C(=O)O. The van der Waals surface area contributed by atoms with Gasteiger partial charge in [0.2, 0.25) is 0 Å². The molecule has 0 aromatic heterocycles. The van der Waals surface area contributed by atoms with Gasteiger partial charge in [0.25, 0.3) is 0 Å². The Morgan fingerprint density at radius 1 is 1.07 bits per heavy atom. The summed E-state index contributed by atoms with van der Waals surface area (Å²) in [5.41, 5.74) is 5.13. The van der Waals surface area contributed by atoms with E-state index in [-0.39, 0.29) is 0 Å². The summed E-state index contributed by atoms with van der Waals surface area (Å²) >= 11 is 0. The number of aliphatic hydroxyl groups is 5. The summed E-state index contributed by atoms with van der Waals surface area (Å²) in [6, 6.07) is -1.24. The zero-order chi connectivity index (χ0) is 12.2. The number of hydrogen-bond donors (Lipinski definition) is 7. The molecule has 5 atom stereocenters. The molecule has 0 fully saturated rings. The van der Waals surface area contributed by atoms with Crippen LogP contribution in [-0.2, 0) is 4.79 Å². The maximum atomic E-state index is 10.2. The smallest absolute Gasteiger partial charge is 0.335 e. The molecule has 90 valence electrons. The second-order valence-corrected chi connectivity index (χ2v) is 3.10. The Morgan fingerprint density at radius 2 is 1.53 bits per heavy atom. The van der Waals surface area contributed by atoms with Crippen LogP contribution in [0.25, 0.3) is 0 Å². The van der Waals surface area contributed by atoms with Gasteiger partial charge in [-0.25, -0.2) is 4.79 Å². The van der Waals surface area contributed by atoms with Crippen molar-refractivity contribution in [2.75, 3.05) is 6.61 Å². The fraction of sp³-hybridized carbons (Fsp3) is 0.857. The zero-order valence-corrected chi connectivity index (χ0v) is 7.76. The van der Waals surface area contributed by atoms with Crippen molar-refractivity contribution in [3.8, 4) is 0 Å². The summed E-state index contributed by atoms with van der Waals surface area (Å²) in [5.74, 6) is -1.74. The highest BCUT2D eigenvalue weighted by Crippen LogP contribution is 2.07. The summed E-state index contributed by atoms with van der Waals surface area (Å²) in [7, 11) is 0. The maximum absolute atomic E-state index is 10.2. The molecule has 0 unspecified atom stereocenters. The van der Waals surface area contributed by atoms with Crippen molar-refractivity contribution < 1.29 is 35.4 Å². The molecular weight excluding hydrogens is 210 g/mol. The first kappa shape index (κ1) is 14.2. The molecule has 0 saturated heterocycles. The number of rotatable bonds is 6. The summed E-state index contributed by atoms with van der Waals surface area (Å²) in [5, 5.41) is 53.1. The summed E-state index contributed by atoms with van der Waals surface area (Å²) in [4.78, 5) is 10.2. The van der Waals surface area contributed by atoms with E-state index < -0.39 is 43.0 Å². The Hall–Kier alpha value is -0.770. The molecule has 0 aliphatic heterocycles. The Morgan fingerprint density at radius 3 is 1.87 bits per heavy atom. The molecule has 0 amide bonds. The second-order valence-electron chi connectivity index (χ2n) is 3.10. The molecule has 0 radical (unpaired) electrons. The lowest BCUT2D eigenvalue weighted by Gasteiger charge is -2.27. The van der Waals surface area contributed by atoms with Gasteiger partial charge >= 0.3 is 5.97 Å². The first-order valence-electron chi connectivity index (χ1n) is 4.14. The van der Waals surface area contributed by atoms with E-state index >= 15 is 0 Å². The quantitative estimate of drug-likeness (QED) is 0.239.